The Hall–Kier alpha value is -0.870. The fraction of sp³-hybridized carbons (Fsp3) is 0.692. The van der Waals surface area contributed by atoms with Crippen LogP contribution in [0.5, 0.6) is 0 Å². The van der Waals surface area contributed by atoms with Gasteiger partial charge in [0.25, 0.3) is 0 Å². The van der Waals surface area contributed by atoms with Crippen molar-refractivity contribution in [3.8, 4) is 0 Å². The quantitative estimate of drug-likeness (QED) is 0.774. The van der Waals surface area contributed by atoms with Gasteiger partial charge in [-0.1, -0.05) is 24.9 Å². The maximum atomic E-state index is 6.12. The Labute approximate surface area is 115 Å². The van der Waals surface area contributed by atoms with Crippen molar-refractivity contribution >= 4 is 17.4 Å². The van der Waals surface area contributed by atoms with Crippen LogP contribution in [0.1, 0.15) is 32.3 Å². The highest BCUT2D eigenvalue weighted by Crippen LogP contribution is 2.22. The van der Waals surface area contributed by atoms with Crippen LogP contribution >= 0.6 is 11.6 Å². The molecule has 1 N–H and O–H groups in total. The molecule has 0 amide bonds. The van der Waals surface area contributed by atoms with Crippen LogP contribution in [0.15, 0.2) is 6.33 Å². The molecule has 1 heterocycles. The van der Waals surface area contributed by atoms with E-state index >= 15 is 0 Å². The number of nitrogens with one attached hydrogen (secondary N) is 1. The summed E-state index contributed by atoms with van der Waals surface area (Å²) in [6.45, 7) is 5.34. The van der Waals surface area contributed by atoms with Crippen molar-refractivity contribution in [1.29, 1.82) is 0 Å². The number of anilines is 1. The lowest BCUT2D eigenvalue weighted by molar-refractivity contribution is 0.390. The van der Waals surface area contributed by atoms with Gasteiger partial charge in [-0.15, -0.1) is 0 Å². The van der Waals surface area contributed by atoms with Crippen molar-refractivity contribution in [2.75, 3.05) is 26.0 Å². The molecule has 1 unspecified atom stereocenters. The summed E-state index contributed by atoms with van der Waals surface area (Å²) in [6, 6.07) is 0.369. The summed E-state index contributed by atoms with van der Waals surface area (Å²) in [5.74, 6) is 0.878. The molecule has 1 aromatic heterocycles. The molecule has 0 aliphatic heterocycles. The number of rotatable bonds is 7. The van der Waals surface area contributed by atoms with Gasteiger partial charge in [-0.3, -0.25) is 0 Å². The largest absolute Gasteiger partial charge is 0.367 e. The Kier molecular flexibility index (Phi) is 6.36. The van der Waals surface area contributed by atoms with Crippen LogP contribution < -0.4 is 5.32 Å². The van der Waals surface area contributed by atoms with Gasteiger partial charge >= 0.3 is 0 Å². The van der Waals surface area contributed by atoms with E-state index in [0.717, 1.165) is 37.2 Å². The topological polar surface area (TPSA) is 41.1 Å². The zero-order valence-electron chi connectivity index (χ0n) is 11.7. The standard InChI is InChI=1S/C13H23ClN4/c1-5-6-11-12(14)15-9-16-13(11)17-10(2)7-8-18(3)4/h9-10H,5-8H2,1-4H3,(H,15,16,17). The molecule has 5 heteroatoms. The highest BCUT2D eigenvalue weighted by atomic mass is 35.5. The van der Waals surface area contributed by atoms with E-state index in [9.17, 15) is 0 Å². The second-order valence-corrected chi connectivity index (χ2v) is 5.24. The van der Waals surface area contributed by atoms with E-state index < -0.39 is 0 Å². The Morgan fingerprint density at radius 1 is 1.39 bits per heavy atom. The molecule has 1 atom stereocenters. The minimum Gasteiger partial charge on any atom is -0.367 e. The van der Waals surface area contributed by atoms with Gasteiger partial charge in [0, 0.05) is 11.6 Å². The SMILES string of the molecule is CCCc1c(Cl)ncnc1NC(C)CCN(C)C. The minimum atomic E-state index is 0.369. The van der Waals surface area contributed by atoms with Crippen molar-refractivity contribution in [2.45, 2.75) is 39.2 Å². The zero-order valence-corrected chi connectivity index (χ0v) is 12.5. The van der Waals surface area contributed by atoms with E-state index in [1.54, 1.807) is 0 Å². The molecule has 0 fully saturated rings. The van der Waals surface area contributed by atoms with Crippen LogP contribution in [0.2, 0.25) is 5.15 Å². The van der Waals surface area contributed by atoms with Crippen LogP contribution in [0.4, 0.5) is 5.82 Å². The predicted molar refractivity (Wildman–Crippen MR) is 77.3 cm³/mol. The Morgan fingerprint density at radius 3 is 2.72 bits per heavy atom. The lowest BCUT2D eigenvalue weighted by Crippen LogP contribution is -2.24. The summed E-state index contributed by atoms with van der Waals surface area (Å²) in [7, 11) is 4.16. The summed E-state index contributed by atoms with van der Waals surface area (Å²) in [5, 5.41) is 3.99. The lowest BCUT2D eigenvalue weighted by atomic mass is 10.1. The minimum absolute atomic E-state index is 0.369. The zero-order chi connectivity index (χ0) is 13.5. The van der Waals surface area contributed by atoms with E-state index in [1.807, 2.05) is 0 Å². The van der Waals surface area contributed by atoms with E-state index in [2.05, 4.69) is 48.1 Å². The molecule has 0 saturated carbocycles. The Morgan fingerprint density at radius 2 is 2.11 bits per heavy atom. The van der Waals surface area contributed by atoms with Gasteiger partial charge in [-0.05, 0) is 40.4 Å². The van der Waals surface area contributed by atoms with Crippen LogP contribution in [-0.4, -0.2) is 41.5 Å². The third-order valence-electron chi connectivity index (χ3n) is 2.79. The fourth-order valence-electron chi connectivity index (χ4n) is 1.74. The number of hydrogen-bond acceptors (Lipinski definition) is 4. The van der Waals surface area contributed by atoms with Gasteiger partial charge in [-0.2, -0.15) is 0 Å². The molecule has 0 saturated heterocycles. The van der Waals surface area contributed by atoms with Crippen LogP contribution in [0, 0.1) is 0 Å². The van der Waals surface area contributed by atoms with Crippen molar-refractivity contribution in [3.05, 3.63) is 17.0 Å². The van der Waals surface area contributed by atoms with Gasteiger partial charge < -0.3 is 10.2 Å². The molecule has 18 heavy (non-hydrogen) atoms. The van der Waals surface area contributed by atoms with E-state index in [4.69, 9.17) is 11.6 Å². The molecule has 1 aromatic rings. The highest BCUT2D eigenvalue weighted by molar-refractivity contribution is 6.30. The summed E-state index contributed by atoms with van der Waals surface area (Å²) in [6.07, 6.45) is 4.53. The molecule has 102 valence electrons. The van der Waals surface area contributed by atoms with Gasteiger partial charge in [0.1, 0.15) is 17.3 Å². The number of halogens is 1. The maximum Gasteiger partial charge on any atom is 0.137 e. The van der Waals surface area contributed by atoms with E-state index in [-0.39, 0.29) is 0 Å². The fourth-order valence-corrected chi connectivity index (χ4v) is 1.97. The predicted octanol–water partition coefficient (Wildman–Crippen LogP) is 2.83. The highest BCUT2D eigenvalue weighted by Gasteiger charge is 2.11. The average molecular weight is 271 g/mol. The average Bonchev–Trinajstić information content (AvgIpc) is 2.31. The van der Waals surface area contributed by atoms with Gasteiger partial charge in [0.05, 0.1) is 0 Å². The van der Waals surface area contributed by atoms with Crippen LogP contribution in [0.3, 0.4) is 0 Å². The van der Waals surface area contributed by atoms with E-state index in [1.165, 1.54) is 6.33 Å². The van der Waals surface area contributed by atoms with Crippen LogP contribution in [-0.2, 0) is 6.42 Å². The molecule has 1 rings (SSSR count). The number of hydrogen-bond donors (Lipinski definition) is 1. The molecular formula is C13H23ClN4. The Balaban J connectivity index is 2.68. The molecule has 4 nitrogen and oxygen atoms in total. The van der Waals surface area contributed by atoms with Gasteiger partial charge in [0.15, 0.2) is 0 Å². The van der Waals surface area contributed by atoms with E-state index in [0.29, 0.717) is 11.2 Å². The first-order chi connectivity index (χ1) is 8.54. The molecule has 0 aromatic carbocycles. The number of aromatic nitrogens is 2. The second-order valence-electron chi connectivity index (χ2n) is 4.88. The first-order valence-corrected chi connectivity index (χ1v) is 6.83. The van der Waals surface area contributed by atoms with Crippen molar-refractivity contribution in [2.24, 2.45) is 0 Å². The molecule has 0 spiro atoms. The lowest BCUT2D eigenvalue weighted by Gasteiger charge is -2.19. The summed E-state index contributed by atoms with van der Waals surface area (Å²) < 4.78 is 0. The monoisotopic (exact) mass is 270 g/mol. The van der Waals surface area contributed by atoms with Crippen molar-refractivity contribution in [1.82, 2.24) is 14.9 Å². The third-order valence-corrected chi connectivity index (χ3v) is 3.11. The van der Waals surface area contributed by atoms with Crippen molar-refractivity contribution < 1.29 is 0 Å². The summed E-state index contributed by atoms with van der Waals surface area (Å²) >= 11 is 6.12. The van der Waals surface area contributed by atoms with Gasteiger partial charge in [-0.25, -0.2) is 9.97 Å². The molecule has 0 aliphatic carbocycles. The maximum absolute atomic E-state index is 6.12. The van der Waals surface area contributed by atoms with Gasteiger partial charge in [0.2, 0.25) is 0 Å². The number of nitrogens with zero attached hydrogens (tertiary/aromatic N) is 3. The summed E-state index contributed by atoms with van der Waals surface area (Å²) in [5.41, 5.74) is 1.03. The molecular weight excluding hydrogens is 248 g/mol. The first-order valence-electron chi connectivity index (χ1n) is 6.45. The molecule has 0 aliphatic rings. The molecule has 0 radical (unpaired) electrons. The first kappa shape index (κ1) is 15.2. The van der Waals surface area contributed by atoms with Crippen molar-refractivity contribution in [3.63, 3.8) is 0 Å². The third kappa shape index (κ3) is 4.78. The normalized spacial score (nSPS) is 12.8. The van der Waals surface area contributed by atoms with Crippen LogP contribution in [0.25, 0.3) is 0 Å². The summed E-state index contributed by atoms with van der Waals surface area (Å²) in [4.78, 5) is 10.5. The smallest absolute Gasteiger partial charge is 0.137 e. The Bertz CT molecular complexity index is 368. The molecule has 0 bridgehead atoms. The second kappa shape index (κ2) is 7.54.